The summed E-state index contributed by atoms with van der Waals surface area (Å²) in [6.45, 7) is 0.546. The molecule has 0 spiro atoms. The number of hydrogen-bond donors (Lipinski definition) is 1. The van der Waals surface area contributed by atoms with Crippen LogP contribution in [0, 0.1) is 0 Å². The second-order valence-electron chi connectivity index (χ2n) is 4.32. The van der Waals surface area contributed by atoms with Crippen molar-refractivity contribution in [2.45, 2.75) is 19.1 Å². The smallest absolute Gasteiger partial charge is 0.125 e. The Kier molecular flexibility index (Phi) is 2.57. The number of ether oxygens (including phenoxy) is 1. The summed E-state index contributed by atoms with van der Waals surface area (Å²) in [5.41, 5.74) is 3.30. The molecule has 0 fully saturated rings. The summed E-state index contributed by atoms with van der Waals surface area (Å²) in [5.74, 6) is 0.810. The number of hydrogen-bond acceptors (Lipinski definition) is 2. The average Bonchev–Trinajstić information content (AvgIpc) is 2.36. The maximum absolute atomic E-state index is 9.70. The van der Waals surface area contributed by atoms with Crippen molar-refractivity contribution in [1.82, 2.24) is 0 Å². The van der Waals surface area contributed by atoms with Gasteiger partial charge < -0.3 is 9.84 Å². The Morgan fingerprint density at radius 1 is 1.06 bits per heavy atom. The molecule has 0 radical (unpaired) electrons. The van der Waals surface area contributed by atoms with Gasteiger partial charge in [0, 0.05) is 12.0 Å². The molecule has 1 atom stereocenters. The molecule has 0 saturated heterocycles. The molecule has 2 aromatic rings. The minimum atomic E-state index is -0.350. The third-order valence-corrected chi connectivity index (χ3v) is 3.14. The molecule has 0 aliphatic heterocycles. The summed E-state index contributed by atoms with van der Waals surface area (Å²) >= 11 is 0. The highest BCUT2D eigenvalue weighted by atomic mass is 16.5. The highest BCUT2D eigenvalue weighted by Crippen LogP contribution is 2.39. The van der Waals surface area contributed by atoms with E-state index in [0.717, 1.165) is 23.3 Å². The Morgan fingerprint density at radius 3 is 2.65 bits per heavy atom. The molecular weight excluding hydrogens is 212 g/mol. The number of benzene rings is 2. The summed E-state index contributed by atoms with van der Waals surface area (Å²) in [5, 5.41) is 9.70. The van der Waals surface area contributed by atoms with Gasteiger partial charge in [0.15, 0.2) is 0 Å². The van der Waals surface area contributed by atoms with Crippen LogP contribution in [-0.2, 0) is 13.0 Å². The zero-order valence-corrected chi connectivity index (χ0v) is 9.47. The van der Waals surface area contributed by atoms with Gasteiger partial charge in [-0.25, -0.2) is 0 Å². The molecule has 86 valence electrons. The maximum Gasteiger partial charge on any atom is 0.125 e. The average molecular weight is 226 g/mol. The molecule has 0 saturated carbocycles. The molecule has 0 bridgehead atoms. The van der Waals surface area contributed by atoms with Crippen molar-refractivity contribution in [3.63, 3.8) is 0 Å². The molecule has 2 nitrogen and oxygen atoms in total. The highest BCUT2D eigenvalue weighted by molar-refractivity contribution is 5.48. The van der Waals surface area contributed by atoms with E-state index in [1.165, 1.54) is 5.56 Å². The highest BCUT2D eigenvalue weighted by Gasteiger charge is 2.27. The number of rotatable bonds is 3. The lowest BCUT2D eigenvalue weighted by Crippen LogP contribution is -2.17. The fourth-order valence-electron chi connectivity index (χ4n) is 2.19. The molecule has 2 heteroatoms. The quantitative estimate of drug-likeness (QED) is 0.872. The largest absolute Gasteiger partial charge is 0.489 e. The zero-order chi connectivity index (χ0) is 11.7. The van der Waals surface area contributed by atoms with Crippen molar-refractivity contribution in [2.75, 3.05) is 0 Å². The van der Waals surface area contributed by atoms with Crippen molar-refractivity contribution in [2.24, 2.45) is 0 Å². The topological polar surface area (TPSA) is 29.5 Å². The van der Waals surface area contributed by atoms with Crippen molar-refractivity contribution >= 4 is 0 Å². The molecule has 1 aliphatic rings. The van der Waals surface area contributed by atoms with Crippen molar-refractivity contribution in [3.8, 4) is 5.75 Å². The Balaban J connectivity index is 1.76. The summed E-state index contributed by atoms with van der Waals surface area (Å²) in [6, 6.07) is 16.0. The minimum absolute atomic E-state index is 0.350. The SMILES string of the molecule is OC1Cc2cccc(OCc3ccccc3)c21. The summed E-state index contributed by atoms with van der Waals surface area (Å²) in [4.78, 5) is 0. The van der Waals surface area contributed by atoms with Gasteiger partial charge in [-0.1, -0.05) is 42.5 Å². The third kappa shape index (κ3) is 1.92. The molecule has 0 aromatic heterocycles. The number of aliphatic hydroxyl groups excluding tert-OH is 1. The second-order valence-corrected chi connectivity index (χ2v) is 4.32. The predicted octanol–water partition coefficient (Wildman–Crippen LogP) is 2.86. The predicted molar refractivity (Wildman–Crippen MR) is 65.9 cm³/mol. The summed E-state index contributed by atoms with van der Waals surface area (Å²) in [7, 11) is 0. The standard InChI is InChI=1S/C15H14O2/c16-13-9-12-7-4-8-14(15(12)13)17-10-11-5-2-1-3-6-11/h1-8,13,16H,9-10H2. The Hall–Kier alpha value is -1.80. The van der Waals surface area contributed by atoms with Gasteiger partial charge in [0.1, 0.15) is 12.4 Å². The first-order valence-corrected chi connectivity index (χ1v) is 5.81. The van der Waals surface area contributed by atoms with Crippen molar-refractivity contribution in [1.29, 1.82) is 0 Å². The van der Waals surface area contributed by atoms with Crippen molar-refractivity contribution in [3.05, 3.63) is 65.2 Å². The van der Waals surface area contributed by atoms with Crippen LogP contribution in [0.3, 0.4) is 0 Å². The normalized spacial score (nSPS) is 17.1. The van der Waals surface area contributed by atoms with Crippen LogP contribution in [0.25, 0.3) is 0 Å². The van der Waals surface area contributed by atoms with E-state index < -0.39 is 0 Å². The van der Waals surface area contributed by atoms with E-state index in [4.69, 9.17) is 4.74 Å². The fourth-order valence-corrected chi connectivity index (χ4v) is 2.19. The van der Waals surface area contributed by atoms with Gasteiger partial charge in [0.25, 0.3) is 0 Å². The van der Waals surface area contributed by atoms with Gasteiger partial charge in [-0.3, -0.25) is 0 Å². The molecule has 17 heavy (non-hydrogen) atoms. The molecule has 3 rings (SSSR count). The van der Waals surface area contributed by atoms with E-state index in [9.17, 15) is 5.11 Å². The van der Waals surface area contributed by atoms with Gasteiger partial charge in [0.2, 0.25) is 0 Å². The van der Waals surface area contributed by atoms with E-state index in [0.29, 0.717) is 6.61 Å². The molecule has 1 aliphatic carbocycles. The Labute approximate surface area is 100 Å². The van der Waals surface area contributed by atoms with E-state index >= 15 is 0 Å². The van der Waals surface area contributed by atoms with Crippen LogP contribution in [0.4, 0.5) is 0 Å². The van der Waals surface area contributed by atoms with Gasteiger partial charge in [-0.05, 0) is 17.2 Å². The molecule has 1 N–H and O–H groups in total. The van der Waals surface area contributed by atoms with Gasteiger partial charge in [-0.2, -0.15) is 0 Å². The number of fused-ring (bicyclic) bond motifs is 1. The molecule has 0 amide bonds. The monoisotopic (exact) mass is 226 g/mol. The Morgan fingerprint density at radius 2 is 1.88 bits per heavy atom. The summed E-state index contributed by atoms with van der Waals surface area (Å²) in [6.07, 6.45) is 0.398. The maximum atomic E-state index is 9.70. The van der Waals surface area contributed by atoms with Crippen LogP contribution in [0.15, 0.2) is 48.5 Å². The van der Waals surface area contributed by atoms with Crippen LogP contribution >= 0.6 is 0 Å². The van der Waals surface area contributed by atoms with Crippen LogP contribution < -0.4 is 4.74 Å². The van der Waals surface area contributed by atoms with Crippen LogP contribution in [0.1, 0.15) is 22.8 Å². The van der Waals surface area contributed by atoms with Crippen LogP contribution in [0.2, 0.25) is 0 Å². The molecule has 2 aromatic carbocycles. The van der Waals surface area contributed by atoms with Crippen LogP contribution in [0.5, 0.6) is 5.75 Å². The lowest BCUT2D eigenvalue weighted by atomic mass is 9.85. The van der Waals surface area contributed by atoms with Gasteiger partial charge in [-0.15, -0.1) is 0 Å². The lowest BCUT2D eigenvalue weighted by molar-refractivity contribution is 0.145. The Bertz CT molecular complexity index is 520. The number of aliphatic hydroxyl groups is 1. The fraction of sp³-hybridized carbons (Fsp3) is 0.200. The minimum Gasteiger partial charge on any atom is -0.489 e. The first-order valence-electron chi connectivity index (χ1n) is 5.81. The van der Waals surface area contributed by atoms with E-state index in [1.54, 1.807) is 0 Å². The first-order chi connectivity index (χ1) is 8.34. The zero-order valence-electron chi connectivity index (χ0n) is 9.47. The molecule has 0 heterocycles. The summed E-state index contributed by atoms with van der Waals surface area (Å²) < 4.78 is 5.77. The second kappa shape index (κ2) is 4.22. The molecule has 1 unspecified atom stereocenters. The first kappa shape index (κ1) is 10.4. The van der Waals surface area contributed by atoms with E-state index in [2.05, 4.69) is 0 Å². The lowest BCUT2D eigenvalue weighted by Gasteiger charge is -2.28. The molecular formula is C15H14O2. The van der Waals surface area contributed by atoms with Gasteiger partial charge in [0.05, 0.1) is 6.10 Å². The van der Waals surface area contributed by atoms with E-state index in [1.807, 2.05) is 48.5 Å². The van der Waals surface area contributed by atoms with E-state index in [-0.39, 0.29) is 6.10 Å². The van der Waals surface area contributed by atoms with Gasteiger partial charge >= 0.3 is 0 Å². The van der Waals surface area contributed by atoms with Crippen LogP contribution in [-0.4, -0.2) is 5.11 Å². The third-order valence-electron chi connectivity index (χ3n) is 3.14. The van der Waals surface area contributed by atoms with Crippen molar-refractivity contribution < 1.29 is 9.84 Å².